The van der Waals surface area contributed by atoms with Crippen LogP contribution in [0.25, 0.3) is 0 Å². The van der Waals surface area contributed by atoms with Gasteiger partial charge in [-0.3, -0.25) is 14.4 Å². The van der Waals surface area contributed by atoms with E-state index in [2.05, 4.69) is 191 Å². The quantitative estimate of drug-likeness (QED) is 0.0261. The van der Waals surface area contributed by atoms with Crippen LogP contribution < -0.4 is 0 Å². The highest BCUT2D eigenvalue weighted by Gasteiger charge is 2.19. The zero-order valence-corrected chi connectivity index (χ0v) is 53.4. The van der Waals surface area contributed by atoms with Crippen LogP contribution in [0.4, 0.5) is 0 Å². The number of allylic oxidation sites excluding steroid dienone is 28. The molecule has 0 saturated heterocycles. The molecule has 0 N–H and O–H groups in total. The van der Waals surface area contributed by atoms with Crippen molar-refractivity contribution in [2.75, 3.05) is 13.2 Å². The molecule has 1 unspecified atom stereocenters. The minimum Gasteiger partial charge on any atom is -0.462 e. The number of esters is 3. The summed E-state index contributed by atoms with van der Waals surface area (Å²) >= 11 is 0. The number of carbonyl (C=O) groups excluding carboxylic acids is 3. The van der Waals surface area contributed by atoms with Crippen molar-refractivity contribution >= 4 is 17.9 Å². The number of rotatable bonds is 59. The molecule has 1 atom stereocenters. The van der Waals surface area contributed by atoms with E-state index in [0.717, 1.165) is 173 Å². The molecule has 0 bridgehead atoms. The number of unbranched alkanes of at least 4 members (excludes halogenated alkanes) is 20. The Kier molecular flexibility index (Phi) is 64.9. The highest BCUT2D eigenvalue weighted by atomic mass is 16.6. The Hall–Kier alpha value is -5.23. The Morgan fingerprint density at radius 2 is 0.470 bits per heavy atom. The molecule has 0 aromatic rings. The van der Waals surface area contributed by atoms with Gasteiger partial charge in [-0.2, -0.15) is 0 Å². The standard InChI is InChI=1S/C77H122O6/c1-4-7-10-13-16-19-22-25-28-31-33-34-35-36-37-38-39-40-41-42-44-46-49-52-55-58-61-64-67-70-76(79)82-73-74(72-81-75(78)69-66-63-60-57-54-51-48-45-30-27-24-21-18-15-12-9-6-3)83-77(80)71-68-65-62-59-56-53-50-47-43-32-29-26-23-20-17-14-11-8-5-2/h7,9-10,12,16-21,25-30,33-34,36-37,39-40,42-44,47,49,52,74H,4-6,8,11,13-15,22-24,31-32,35,38,41,45-46,48,50-51,53-73H2,1-3H3/b10-7-,12-9-,19-16-,20-17-,21-18-,28-25-,29-26-,30-27-,34-33-,37-36-,40-39-,44-42-,47-43-,52-49-. The second-order valence-electron chi connectivity index (χ2n) is 21.6. The van der Waals surface area contributed by atoms with Gasteiger partial charge in [-0.05, 0) is 154 Å². The smallest absolute Gasteiger partial charge is 0.306 e. The molecule has 0 aromatic heterocycles. The maximum Gasteiger partial charge on any atom is 0.306 e. The van der Waals surface area contributed by atoms with E-state index < -0.39 is 6.10 Å². The van der Waals surface area contributed by atoms with Gasteiger partial charge in [0, 0.05) is 19.3 Å². The van der Waals surface area contributed by atoms with E-state index in [-0.39, 0.29) is 31.1 Å². The Morgan fingerprint density at radius 1 is 0.253 bits per heavy atom. The molecule has 0 amide bonds. The number of hydrogen-bond donors (Lipinski definition) is 0. The van der Waals surface area contributed by atoms with E-state index in [9.17, 15) is 14.4 Å². The number of hydrogen-bond acceptors (Lipinski definition) is 6. The van der Waals surface area contributed by atoms with Crippen molar-refractivity contribution in [1.29, 1.82) is 0 Å². The minimum atomic E-state index is -0.811. The molecule has 0 rings (SSSR count). The summed E-state index contributed by atoms with van der Waals surface area (Å²) in [5.41, 5.74) is 0. The first-order valence-electron chi connectivity index (χ1n) is 33.6. The van der Waals surface area contributed by atoms with Gasteiger partial charge in [-0.25, -0.2) is 0 Å². The minimum absolute atomic E-state index is 0.104. The summed E-state index contributed by atoms with van der Waals surface area (Å²) in [5.74, 6) is -0.954. The molecule has 6 nitrogen and oxygen atoms in total. The van der Waals surface area contributed by atoms with Crippen molar-refractivity contribution < 1.29 is 28.6 Å². The second kappa shape index (κ2) is 69.3. The molecule has 83 heavy (non-hydrogen) atoms. The largest absolute Gasteiger partial charge is 0.462 e. The first-order chi connectivity index (χ1) is 41.0. The molecule has 0 heterocycles. The highest BCUT2D eigenvalue weighted by Crippen LogP contribution is 2.14. The monoisotopic (exact) mass is 1140 g/mol. The third-order valence-electron chi connectivity index (χ3n) is 13.7. The molecule has 0 aliphatic carbocycles. The van der Waals surface area contributed by atoms with Crippen molar-refractivity contribution in [3.8, 4) is 0 Å². The summed E-state index contributed by atoms with van der Waals surface area (Å²) in [6, 6.07) is 0. The van der Waals surface area contributed by atoms with E-state index in [1.165, 1.54) is 64.2 Å². The van der Waals surface area contributed by atoms with Crippen LogP contribution in [0.15, 0.2) is 170 Å². The lowest BCUT2D eigenvalue weighted by molar-refractivity contribution is -0.167. The average Bonchev–Trinajstić information content (AvgIpc) is 3.49. The molecule has 6 heteroatoms. The molecular weight excluding hydrogens is 1020 g/mol. The maximum atomic E-state index is 12.9. The average molecular weight is 1140 g/mol. The molecule has 466 valence electrons. The molecule has 0 radical (unpaired) electrons. The zero-order valence-electron chi connectivity index (χ0n) is 53.4. The van der Waals surface area contributed by atoms with Crippen molar-refractivity contribution in [2.45, 2.75) is 284 Å². The fourth-order valence-corrected chi connectivity index (χ4v) is 8.71. The highest BCUT2D eigenvalue weighted by molar-refractivity contribution is 5.71. The predicted molar refractivity (Wildman–Crippen MR) is 361 cm³/mol. The van der Waals surface area contributed by atoms with Crippen LogP contribution in [0.2, 0.25) is 0 Å². The van der Waals surface area contributed by atoms with Gasteiger partial charge in [-0.15, -0.1) is 0 Å². The van der Waals surface area contributed by atoms with Crippen LogP contribution >= 0.6 is 0 Å². The van der Waals surface area contributed by atoms with Gasteiger partial charge in [0.15, 0.2) is 6.10 Å². The first kappa shape index (κ1) is 77.8. The van der Waals surface area contributed by atoms with E-state index in [4.69, 9.17) is 14.2 Å². The molecular formula is C77H122O6. The first-order valence-corrected chi connectivity index (χ1v) is 33.6. The fraction of sp³-hybridized carbons (Fsp3) is 0.597. The third-order valence-corrected chi connectivity index (χ3v) is 13.7. The lowest BCUT2D eigenvalue weighted by Gasteiger charge is -2.18. The van der Waals surface area contributed by atoms with E-state index >= 15 is 0 Å². The van der Waals surface area contributed by atoms with Crippen LogP contribution in [-0.2, 0) is 28.6 Å². The maximum absolute atomic E-state index is 12.9. The lowest BCUT2D eigenvalue weighted by atomic mass is 10.1. The summed E-state index contributed by atoms with van der Waals surface area (Å²) in [5, 5.41) is 0. The van der Waals surface area contributed by atoms with Gasteiger partial charge in [0.25, 0.3) is 0 Å². The Bertz CT molecular complexity index is 1890. The van der Waals surface area contributed by atoms with Gasteiger partial charge in [0.2, 0.25) is 0 Å². The van der Waals surface area contributed by atoms with Crippen molar-refractivity contribution in [2.24, 2.45) is 0 Å². The molecule has 0 fully saturated rings. The predicted octanol–water partition coefficient (Wildman–Crippen LogP) is 23.4. The van der Waals surface area contributed by atoms with E-state index in [1.54, 1.807) is 0 Å². The van der Waals surface area contributed by atoms with Gasteiger partial charge in [-0.1, -0.05) is 274 Å². The molecule has 0 aliphatic heterocycles. The van der Waals surface area contributed by atoms with Crippen LogP contribution in [0.1, 0.15) is 278 Å². The number of ether oxygens (including phenoxy) is 3. The van der Waals surface area contributed by atoms with Crippen molar-refractivity contribution in [1.82, 2.24) is 0 Å². The van der Waals surface area contributed by atoms with Crippen LogP contribution in [0.5, 0.6) is 0 Å². The Balaban J connectivity index is 4.48. The van der Waals surface area contributed by atoms with Crippen molar-refractivity contribution in [3.05, 3.63) is 170 Å². The fourth-order valence-electron chi connectivity index (χ4n) is 8.71. The number of carbonyl (C=O) groups is 3. The molecule has 0 aromatic carbocycles. The van der Waals surface area contributed by atoms with Gasteiger partial charge < -0.3 is 14.2 Å². The van der Waals surface area contributed by atoms with E-state index in [0.29, 0.717) is 19.3 Å². The second-order valence-corrected chi connectivity index (χ2v) is 21.6. The van der Waals surface area contributed by atoms with Crippen LogP contribution in [-0.4, -0.2) is 37.2 Å². The summed E-state index contributed by atoms with van der Waals surface area (Å²) < 4.78 is 16.9. The van der Waals surface area contributed by atoms with Crippen LogP contribution in [0.3, 0.4) is 0 Å². The third kappa shape index (κ3) is 67.4. The molecule has 0 saturated carbocycles. The summed E-state index contributed by atoms with van der Waals surface area (Å²) in [6.07, 6.45) is 102. The Labute approximate surface area is 511 Å². The summed E-state index contributed by atoms with van der Waals surface area (Å²) in [6.45, 7) is 6.35. The summed E-state index contributed by atoms with van der Waals surface area (Å²) in [4.78, 5) is 38.4. The zero-order chi connectivity index (χ0) is 59.9. The molecule has 0 aliphatic rings. The topological polar surface area (TPSA) is 78.9 Å². The van der Waals surface area contributed by atoms with Gasteiger partial charge in [0.05, 0.1) is 0 Å². The normalized spacial score (nSPS) is 13.2. The summed E-state index contributed by atoms with van der Waals surface area (Å²) in [7, 11) is 0. The Morgan fingerprint density at radius 3 is 0.735 bits per heavy atom. The molecule has 0 spiro atoms. The SMILES string of the molecule is CC/C=C\C/C=C\C/C=C\C/C=C\C/C=C\C/C=C\C/C=C\C/C=C\CCCCCCC(=O)OCC(COC(=O)CCCCCCCCC/C=C\C/C=C\C/C=C\CC)OC(=O)CCCCCCCC/C=C\C/C=C\C/C=C\CCCCC. The van der Waals surface area contributed by atoms with Gasteiger partial charge in [0.1, 0.15) is 13.2 Å². The van der Waals surface area contributed by atoms with Gasteiger partial charge >= 0.3 is 17.9 Å². The van der Waals surface area contributed by atoms with Crippen LogP contribution in [0, 0.1) is 0 Å². The lowest BCUT2D eigenvalue weighted by Crippen LogP contribution is -2.30. The van der Waals surface area contributed by atoms with Crippen molar-refractivity contribution in [3.63, 3.8) is 0 Å². The van der Waals surface area contributed by atoms with E-state index in [1.807, 2.05) is 0 Å².